The van der Waals surface area contributed by atoms with E-state index in [1.807, 2.05) is 0 Å². The highest BCUT2D eigenvalue weighted by molar-refractivity contribution is 6.21. The van der Waals surface area contributed by atoms with Gasteiger partial charge in [0.05, 0.1) is 12.7 Å². The SMILES string of the molecule is COc1cccc(/C=C(\C(=O)O)c2ccc3c(c2)OCCO3)c1O. The Kier molecular flexibility index (Phi) is 4.29. The standard InChI is InChI=1S/C18H16O6/c1-22-15-4-2-3-12(17(15)19)9-13(18(20)21)11-5-6-14-16(10-11)24-8-7-23-14/h2-6,9-10,19H,7-8H2,1H3,(H,20,21)/b13-9-. The fourth-order valence-corrected chi connectivity index (χ4v) is 2.46. The van der Waals surface area contributed by atoms with Gasteiger partial charge in [0.15, 0.2) is 23.0 Å². The Morgan fingerprint density at radius 3 is 2.62 bits per heavy atom. The summed E-state index contributed by atoms with van der Waals surface area (Å²) in [6.07, 6.45) is 1.39. The predicted octanol–water partition coefficient (Wildman–Crippen LogP) is 2.80. The molecule has 6 nitrogen and oxygen atoms in total. The average molecular weight is 328 g/mol. The van der Waals surface area contributed by atoms with Crippen molar-refractivity contribution in [2.45, 2.75) is 0 Å². The van der Waals surface area contributed by atoms with E-state index < -0.39 is 5.97 Å². The number of hydrogen-bond donors (Lipinski definition) is 2. The minimum absolute atomic E-state index is 0.0236. The number of carboxylic acids is 1. The highest BCUT2D eigenvalue weighted by Gasteiger charge is 2.17. The van der Waals surface area contributed by atoms with Crippen LogP contribution in [-0.4, -0.2) is 36.5 Å². The Hall–Kier alpha value is -3.15. The van der Waals surface area contributed by atoms with E-state index in [0.29, 0.717) is 35.8 Å². The molecule has 1 aliphatic rings. The van der Waals surface area contributed by atoms with E-state index in [-0.39, 0.29) is 17.1 Å². The molecule has 0 amide bonds. The number of para-hydroxylation sites is 1. The van der Waals surface area contributed by atoms with Crippen molar-refractivity contribution >= 4 is 17.6 Å². The van der Waals surface area contributed by atoms with Gasteiger partial charge in [-0.05, 0) is 29.8 Å². The van der Waals surface area contributed by atoms with Gasteiger partial charge in [-0.2, -0.15) is 0 Å². The molecule has 0 spiro atoms. The summed E-state index contributed by atoms with van der Waals surface area (Å²) in [5, 5.41) is 19.7. The zero-order valence-corrected chi connectivity index (χ0v) is 13.0. The normalized spacial score (nSPS) is 13.5. The van der Waals surface area contributed by atoms with Crippen molar-refractivity contribution in [2.75, 3.05) is 20.3 Å². The number of phenolic OH excluding ortho intramolecular Hbond substituents is 1. The van der Waals surface area contributed by atoms with Crippen LogP contribution in [0.15, 0.2) is 36.4 Å². The number of carboxylic acid groups (broad SMARTS) is 1. The summed E-state index contributed by atoms with van der Waals surface area (Å²) >= 11 is 0. The molecular weight excluding hydrogens is 312 g/mol. The Morgan fingerprint density at radius 1 is 1.17 bits per heavy atom. The average Bonchev–Trinajstić information content (AvgIpc) is 2.60. The van der Waals surface area contributed by atoms with Gasteiger partial charge in [-0.15, -0.1) is 0 Å². The van der Waals surface area contributed by atoms with Crippen LogP contribution in [0.3, 0.4) is 0 Å². The van der Waals surface area contributed by atoms with Crippen molar-refractivity contribution in [3.8, 4) is 23.0 Å². The molecule has 0 radical (unpaired) electrons. The lowest BCUT2D eigenvalue weighted by Crippen LogP contribution is -2.15. The fraction of sp³-hybridized carbons (Fsp3) is 0.167. The van der Waals surface area contributed by atoms with Gasteiger partial charge in [-0.3, -0.25) is 0 Å². The van der Waals surface area contributed by atoms with Crippen LogP contribution in [0, 0.1) is 0 Å². The predicted molar refractivity (Wildman–Crippen MR) is 87.6 cm³/mol. The monoisotopic (exact) mass is 328 g/mol. The molecule has 3 rings (SSSR count). The van der Waals surface area contributed by atoms with Crippen LogP contribution >= 0.6 is 0 Å². The maximum atomic E-state index is 11.7. The lowest BCUT2D eigenvalue weighted by atomic mass is 10.0. The van der Waals surface area contributed by atoms with Gasteiger partial charge in [-0.25, -0.2) is 4.79 Å². The summed E-state index contributed by atoms with van der Waals surface area (Å²) in [6, 6.07) is 9.81. The van der Waals surface area contributed by atoms with Crippen LogP contribution in [0.4, 0.5) is 0 Å². The third-order valence-corrected chi connectivity index (χ3v) is 3.63. The van der Waals surface area contributed by atoms with Crippen LogP contribution < -0.4 is 14.2 Å². The topological polar surface area (TPSA) is 85.2 Å². The van der Waals surface area contributed by atoms with Crippen LogP contribution in [0.5, 0.6) is 23.0 Å². The van der Waals surface area contributed by atoms with Gasteiger partial charge >= 0.3 is 5.97 Å². The Balaban J connectivity index is 2.06. The summed E-state index contributed by atoms with van der Waals surface area (Å²) in [5.74, 6) is 0.126. The first kappa shape index (κ1) is 15.7. The second-order valence-corrected chi connectivity index (χ2v) is 5.12. The third kappa shape index (κ3) is 2.99. The molecule has 1 aliphatic heterocycles. The number of ether oxygens (including phenoxy) is 3. The van der Waals surface area contributed by atoms with Crippen molar-refractivity contribution in [3.63, 3.8) is 0 Å². The second kappa shape index (κ2) is 6.54. The Morgan fingerprint density at radius 2 is 1.92 bits per heavy atom. The van der Waals surface area contributed by atoms with Crippen molar-refractivity contribution in [1.29, 1.82) is 0 Å². The van der Waals surface area contributed by atoms with E-state index in [2.05, 4.69) is 0 Å². The summed E-state index contributed by atoms with van der Waals surface area (Å²) in [4.78, 5) is 11.7. The molecule has 124 valence electrons. The number of phenols is 1. The number of benzene rings is 2. The Bertz CT molecular complexity index is 809. The molecule has 0 atom stereocenters. The first-order valence-electron chi connectivity index (χ1n) is 7.31. The molecule has 2 N–H and O–H groups in total. The molecule has 1 heterocycles. The molecular formula is C18H16O6. The largest absolute Gasteiger partial charge is 0.504 e. The number of hydrogen-bond acceptors (Lipinski definition) is 5. The maximum Gasteiger partial charge on any atom is 0.336 e. The fourth-order valence-electron chi connectivity index (χ4n) is 2.46. The van der Waals surface area contributed by atoms with Crippen LogP contribution in [0.25, 0.3) is 11.6 Å². The molecule has 0 saturated carbocycles. The molecule has 2 aromatic rings. The van der Waals surface area contributed by atoms with E-state index in [9.17, 15) is 15.0 Å². The lowest BCUT2D eigenvalue weighted by Gasteiger charge is -2.19. The summed E-state index contributed by atoms with van der Waals surface area (Å²) in [6.45, 7) is 0.880. The lowest BCUT2D eigenvalue weighted by molar-refractivity contribution is -0.130. The molecule has 24 heavy (non-hydrogen) atoms. The number of aliphatic carboxylic acids is 1. The summed E-state index contributed by atoms with van der Waals surface area (Å²) in [5.41, 5.74) is 0.825. The quantitative estimate of drug-likeness (QED) is 0.663. The molecule has 0 bridgehead atoms. The Labute approximate surface area is 138 Å². The van der Waals surface area contributed by atoms with Gasteiger partial charge in [-0.1, -0.05) is 18.2 Å². The van der Waals surface area contributed by atoms with E-state index in [4.69, 9.17) is 14.2 Å². The first-order chi connectivity index (χ1) is 11.6. The van der Waals surface area contributed by atoms with E-state index in [1.165, 1.54) is 13.2 Å². The minimum atomic E-state index is -1.12. The van der Waals surface area contributed by atoms with E-state index in [0.717, 1.165) is 0 Å². The van der Waals surface area contributed by atoms with Crippen LogP contribution in [-0.2, 0) is 4.79 Å². The van der Waals surface area contributed by atoms with Gasteiger partial charge < -0.3 is 24.4 Å². The number of rotatable bonds is 4. The number of fused-ring (bicyclic) bond motifs is 1. The molecule has 0 aliphatic carbocycles. The molecule has 6 heteroatoms. The zero-order chi connectivity index (χ0) is 17.1. The first-order valence-corrected chi connectivity index (χ1v) is 7.31. The smallest absolute Gasteiger partial charge is 0.336 e. The minimum Gasteiger partial charge on any atom is -0.504 e. The summed E-state index contributed by atoms with van der Waals surface area (Å²) < 4.78 is 16.0. The van der Waals surface area contributed by atoms with Gasteiger partial charge in [0.25, 0.3) is 0 Å². The third-order valence-electron chi connectivity index (χ3n) is 3.63. The molecule has 2 aromatic carbocycles. The number of carbonyl (C=O) groups is 1. The van der Waals surface area contributed by atoms with E-state index >= 15 is 0 Å². The zero-order valence-electron chi connectivity index (χ0n) is 13.0. The number of methoxy groups -OCH3 is 1. The van der Waals surface area contributed by atoms with E-state index in [1.54, 1.807) is 36.4 Å². The second-order valence-electron chi connectivity index (χ2n) is 5.12. The molecule has 0 unspecified atom stereocenters. The molecule has 0 saturated heterocycles. The maximum absolute atomic E-state index is 11.7. The van der Waals surface area contributed by atoms with Gasteiger partial charge in [0.1, 0.15) is 13.2 Å². The van der Waals surface area contributed by atoms with Crippen LogP contribution in [0.1, 0.15) is 11.1 Å². The highest BCUT2D eigenvalue weighted by Crippen LogP contribution is 2.35. The van der Waals surface area contributed by atoms with Crippen LogP contribution in [0.2, 0.25) is 0 Å². The highest BCUT2D eigenvalue weighted by atomic mass is 16.6. The van der Waals surface area contributed by atoms with Crippen molar-refractivity contribution in [1.82, 2.24) is 0 Å². The van der Waals surface area contributed by atoms with Crippen molar-refractivity contribution in [2.24, 2.45) is 0 Å². The molecule has 0 aromatic heterocycles. The number of aromatic hydroxyl groups is 1. The van der Waals surface area contributed by atoms with Gasteiger partial charge in [0, 0.05) is 5.56 Å². The van der Waals surface area contributed by atoms with Crippen molar-refractivity contribution < 1.29 is 29.2 Å². The van der Waals surface area contributed by atoms with Gasteiger partial charge in [0.2, 0.25) is 0 Å². The summed E-state index contributed by atoms with van der Waals surface area (Å²) in [7, 11) is 1.43. The molecule has 0 fully saturated rings. The van der Waals surface area contributed by atoms with Crippen molar-refractivity contribution in [3.05, 3.63) is 47.5 Å².